The summed E-state index contributed by atoms with van der Waals surface area (Å²) in [7, 11) is 4.19. The van der Waals surface area contributed by atoms with Crippen molar-refractivity contribution in [3.63, 3.8) is 0 Å². The Balaban J connectivity index is 2.10. The van der Waals surface area contributed by atoms with E-state index in [0.29, 0.717) is 6.54 Å². The second-order valence-electron chi connectivity index (χ2n) is 6.93. The molecule has 0 unspecified atom stereocenters. The number of nitrogens with one attached hydrogen (secondary N) is 1. The second-order valence-corrected chi connectivity index (χ2v) is 6.93. The molecule has 0 saturated heterocycles. The van der Waals surface area contributed by atoms with Crippen molar-refractivity contribution >= 4 is 16.6 Å². The van der Waals surface area contributed by atoms with Crippen molar-refractivity contribution in [2.45, 2.75) is 33.7 Å². The largest absolute Gasteiger partial charge is 0.384 e. The molecule has 0 bridgehead atoms. The number of benzene rings is 1. The summed E-state index contributed by atoms with van der Waals surface area (Å²) in [5, 5.41) is 16.9. The van der Waals surface area contributed by atoms with Crippen molar-refractivity contribution in [1.82, 2.24) is 30.1 Å². The zero-order chi connectivity index (χ0) is 18.7. The van der Waals surface area contributed by atoms with Gasteiger partial charge in [0.2, 0.25) is 0 Å². The van der Waals surface area contributed by atoms with Gasteiger partial charge in [-0.2, -0.15) is 0 Å². The predicted octanol–water partition coefficient (Wildman–Crippen LogP) is 2.89. The maximum Gasteiger partial charge on any atom is 0.185 e. The number of aromatic nitrogens is 5. The van der Waals surface area contributed by atoms with Crippen LogP contribution in [0.5, 0.6) is 0 Å². The van der Waals surface area contributed by atoms with Crippen LogP contribution in [0.3, 0.4) is 0 Å². The van der Waals surface area contributed by atoms with E-state index in [-0.39, 0.29) is 0 Å². The molecule has 7 nitrogen and oxygen atoms in total. The Labute approximate surface area is 154 Å². The molecule has 3 rings (SSSR count). The third-order valence-electron chi connectivity index (χ3n) is 4.46. The Morgan fingerprint density at radius 2 is 2.00 bits per heavy atom. The highest BCUT2D eigenvalue weighted by molar-refractivity contribution is 5.99. The van der Waals surface area contributed by atoms with Crippen LogP contribution in [-0.2, 0) is 6.54 Å². The molecule has 0 amide bonds. The highest BCUT2D eigenvalue weighted by Crippen LogP contribution is 2.34. The normalized spacial score (nSPS) is 11.5. The van der Waals surface area contributed by atoms with Gasteiger partial charge in [-0.1, -0.05) is 11.6 Å². The van der Waals surface area contributed by atoms with Crippen LogP contribution in [0.4, 0.5) is 5.69 Å². The molecule has 2 heterocycles. The first-order valence-electron chi connectivity index (χ1n) is 9.06. The zero-order valence-corrected chi connectivity index (χ0v) is 16.2. The van der Waals surface area contributed by atoms with Gasteiger partial charge in [0, 0.05) is 24.7 Å². The smallest absolute Gasteiger partial charge is 0.185 e. The monoisotopic (exact) mass is 353 g/mol. The first-order chi connectivity index (χ1) is 12.5. The number of anilines is 1. The quantitative estimate of drug-likeness (QED) is 0.659. The van der Waals surface area contributed by atoms with Gasteiger partial charge in [-0.15, -0.1) is 5.10 Å². The standard InChI is InChI=1S/C19H27N7/c1-6-26-19(22-23-24-26)16-12-21-17-14(3)10-13(2)11-15(17)18(16)20-8-7-9-25(4)5/h10-12H,6-9H2,1-5H3,(H,20,21). The number of rotatable bonds is 7. The van der Waals surface area contributed by atoms with Gasteiger partial charge in [0.1, 0.15) is 0 Å². The molecule has 0 spiro atoms. The lowest BCUT2D eigenvalue weighted by atomic mass is 10.0. The molecule has 138 valence electrons. The molecule has 0 atom stereocenters. The van der Waals surface area contributed by atoms with Crippen LogP contribution in [0, 0.1) is 13.8 Å². The first-order valence-corrected chi connectivity index (χ1v) is 9.06. The van der Waals surface area contributed by atoms with E-state index < -0.39 is 0 Å². The molecule has 3 aromatic rings. The number of fused-ring (bicyclic) bond motifs is 1. The third kappa shape index (κ3) is 3.67. The summed E-state index contributed by atoms with van der Waals surface area (Å²) < 4.78 is 1.80. The fraction of sp³-hybridized carbons (Fsp3) is 0.474. The van der Waals surface area contributed by atoms with E-state index in [1.807, 2.05) is 13.1 Å². The minimum atomic E-state index is 0.716. The molecule has 0 aliphatic rings. The molecule has 1 N–H and O–H groups in total. The summed E-state index contributed by atoms with van der Waals surface area (Å²) in [4.78, 5) is 6.91. The lowest BCUT2D eigenvalue weighted by Crippen LogP contribution is -2.17. The SMILES string of the molecule is CCn1nnnc1-c1cnc2c(C)cc(C)cc2c1NCCCN(C)C. The van der Waals surface area contributed by atoms with Gasteiger partial charge in [0.25, 0.3) is 0 Å². The summed E-state index contributed by atoms with van der Waals surface area (Å²) in [6, 6.07) is 4.36. The van der Waals surface area contributed by atoms with Gasteiger partial charge in [-0.05, 0) is 69.9 Å². The summed E-state index contributed by atoms with van der Waals surface area (Å²) >= 11 is 0. The molecule has 2 aromatic heterocycles. The van der Waals surface area contributed by atoms with Crippen LogP contribution in [0.1, 0.15) is 24.5 Å². The van der Waals surface area contributed by atoms with E-state index in [1.165, 1.54) is 11.1 Å². The Hall–Kier alpha value is -2.54. The van der Waals surface area contributed by atoms with Crippen molar-refractivity contribution < 1.29 is 0 Å². The molecule has 0 aliphatic carbocycles. The summed E-state index contributed by atoms with van der Waals surface area (Å²) in [6.45, 7) is 8.89. The molecular formula is C19H27N7. The van der Waals surface area contributed by atoms with Crippen LogP contribution < -0.4 is 5.32 Å². The maximum absolute atomic E-state index is 4.71. The van der Waals surface area contributed by atoms with E-state index in [9.17, 15) is 0 Å². The van der Waals surface area contributed by atoms with Gasteiger partial charge in [-0.25, -0.2) is 4.68 Å². The minimum absolute atomic E-state index is 0.716. The van der Waals surface area contributed by atoms with Crippen molar-refractivity contribution in [3.8, 4) is 11.4 Å². The molecule has 0 aliphatic heterocycles. The molecule has 0 radical (unpaired) electrons. The van der Waals surface area contributed by atoms with Crippen LogP contribution in [0.2, 0.25) is 0 Å². The van der Waals surface area contributed by atoms with Gasteiger partial charge in [0.15, 0.2) is 5.82 Å². The molecule has 0 fully saturated rings. The lowest BCUT2D eigenvalue weighted by molar-refractivity contribution is 0.405. The third-order valence-corrected chi connectivity index (χ3v) is 4.46. The number of pyridine rings is 1. The Morgan fingerprint density at radius 3 is 2.73 bits per heavy atom. The second kappa shape index (κ2) is 7.78. The van der Waals surface area contributed by atoms with Gasteiger partial charge < -0.3 is 10.2 Å². The molecule has 26 heavy (non-hydrogen) atoms. The van der Waals surface area contributed by atoms with Crippen molar-refractivity contribution in [2.24, 2.45) is 0 Å². The van der Waals surface area contributed by atoms with Crippen LogP contribution in [-0.4, -0.2) is 57.3 Å². The molecule has 7 heteroatoms. The van der Waals surface area contributed by atoms with Crippen LogP contribution in [0.15, 0.2) is 18.3 Å². The van der Waals surface area contributed by atoms with E-state index in [2.05, 4.69) is 65.8 Å². The Morgan fingerprint density at radius 1 is 1.19 bits per heavy atom. The fourth-order valence-electron chi connectivity index (χ4n) is 3.24. The van der Waals surface area contributed by atoms with E-state index >= 15 is 0 Å². The maximum atomic E-state index is 4.71. The van der Waals surface area contributed by atoms with Gasteiger partial charge in [-0.3, -0.25) is 4.98 Å². The number of nitrogens with zero attached hydrogens (tertiary/aromatic N) is 6. The fourth-order valence-corrected chi connectivity index (χ4v) is 3.24. The summed E-state index contributed by atoms with van der Waals surface area (Å²) in [6.07, 6.45) is 2.94. The van der Waals surface area contributed by atoms with Crippen molar-refractivity contribution in [3.05, 3.63) is 29.5 Å². The number of aryl methyl sites for hydroxylation is 3. The summed E-state index contributed by atoms with van der Waals surface area (Å²) in [5.41, 5.74) is 5.42. The number of hydrogen-bond acceptors (Lipinski definition) is 6. The lowest BCUT2D eigenvalue weighted by Gasteiger charge is -2.17. The Kier molecular flexibility index (Phi) is 5.46. The highest BCUT2D eigenvalue weighted by atomic mass is 15.5. The first kappa shape index (κ1) is 18.3. The topological polar surface area (TPSA) is 71.8 Å². The zero-order valence-electron chi connectivity index (χ0n) is 16.2. The van der Waals surface area contributed by atoms with Crippen molar-refractivity contribution in [1.29, 1.82) is 0 Å². The molecule has 0 saturated carbocycles. The molecule has 1 aromatic carbocycles. The average molecular weight is 353 g/mol. The predicted molar refractivity (Wildman–Crippen MR) is 105 cm³/mol. The number of tetrazole rings is 1. The number of hydrogen-bond donors (Lipinski definition) is 1. The van der Waals surface area contributed by atoms with E-state index in [1.54, 1.807) is 4.68 Å². The minimum Gasteiger partial charge on any atom is -0.384 e. The van der Waals surface area contributed by atoms with Crippen LogP contribution in [0.25, 0.3) is 22.3 Å². The Bertz CT molecular complexity index is 898. The van der Waals surface area contributed by atoms with Gasteiger partial charge >= 0.3 is 0 Å². The van der Waals surface area contributed by atoms with E-state index in [4.69, 9.17) is 4.98 Å². The highest BCUT2D eigenvalue weighted by Gasteiger charge is 2.17. The molecular weight excluding hydrogens is 326 g/mol. The van der Waals surface area contributed by atoms with Crippen molar-refractivity contribution in [2.75, 3.05) is 32.5 Å². The van der Waals surface area contributed by atoms with Gasteiger partial charge in [0.05, 0.1) is 16.8 Å². The van der Waals surface area contributed by atoms with E-state index in [0.717, 1.165) is 47.5 Å². The summed E-state index contributed by atoms with van der Waals surface area (Å²) in [5.74, 6) is 0.746. The average Bonchev–Trinajstić information content (AvgIpc) is 3.06. The van der Waals surface area contributed by atoms with Crippen LogP contribution >= 0.6 is 0 Å².